The predicted molar refractivity (Wildman–Crippen MR) is 75.9 cm³/mol. The number of nitrogens with zero attached hydrogens (tertiary/aromatic N) is 1. The highest BCUT2D eigenvalue weighted by molar-refractivity contribution is 5.47. The Kier molecular flexibility index (Phi) is 6.16. The van der Waals surface area contributed by atoms with Gasteiger partial charge < -0.3 is 10.1 Å². The standard InChI is InChI=1S/C12H13F3N2O3.C2H6/c1-16-7-4-9(5-7)20-8-2-3-11(17(18)19)10(6-8)12(13,14)15;1-2/h2-3,6-7,9,16H,4-5H2,1H3;1-2H3. The number of nitro benzene ring substituents is 1. The third kappa shape index (κ3) is 4.33. The Labute approximate surface area is 126 Å². The minimum atomic E-state index is -4.78. The number of rotatable bonds is 4. The molecule has 0 heterocycles. The van der Waals surface area contributed by atoms with E-state index < -0.39 is 22.4 Å². The number of alkyl halides is 3. The van der Waals surface area contributed by atoms with Crippen LogP contribution in [0, 0.1) is 10.1 Å². The maximum atomic E-state index is 12.8. The molecule has 1 aromatic carbocycles. The zero-order chi connectivity index (χ0) is 16.9. The first-order valence-corrected chi connectivity index (χ1v) is 7.01. The molecule has 0 amide bonds. The first kappa shape index (κ1) is 18.2. The molecule has 0 spiro atoms. The zero-order valence-corrected chi connectivity index (χ0v) is 12.6. The lowest BCUT2D eigenvalue weighted by atomic mass is 9.89. The summed E-state index contributed by atoms with van der Waals surface area (Å²) in [5.41, 5.74) is -2.25. The van der Waals surface area contributed by atoms with E-state index in [1.807, 2.05) is 13.8 Å². The molecule has 0 unspecified atom stereocenters. The Morgan fingerprint density at radius 1 is 1.32 bits per heavy atom. The van der Waals surface area contributed by atoms with Gasteiger partial charge in [0.15, 0.2) is 0 Å². The Morgan fingerprint density at radius 3 is 2.36 bits per heavy atom. The van der Waals surface area contributed by atoms with Gasteiger partial charge in [0.05, 0.1) is 4.92 Å². The lowest BCUT2D eigenvalue weighted by molar-refractivity contribution is -0.388. The highest BCUT2D eigenvalue weighted by atomic mass is 19.4. The summed E-state index contributed by atoms with van der Waals surface area (Å²) in [6, 6.07) is 3.01. The van der Waals surface area contributed by atoms with Crippen LogP contribution in [0.3, 0.4) is 0 Å². The van der Waals surface area contributed by atoms with Crippen molar-refractivity contribution in [2.24, 2.45) is 0 Å². The maximum Gasteiger partial charge on any atom is 0.423 e. The number of hydrogen-bond acceptors (Lipinski definition) is 4. The molecule has 0 radical (unpaired) electrons. The van der Waals surface area contributed by atoms with Gasteiger partial charge in [0.25, 0.3) is 5.69 Å². The van der Waals surface area contributed by atoms with Crippen molar-refractivity contribution in [2.75, 3.05) is 7.05 Å². The fourth-order valence-corrected chi connectivity index (χ4v) is 2.06. The minimum absolute atomic E-state index is 0.00229. The molecule has 5 nitrogen and oxygen atoms in total. The van der Waals surface area contributed by atoms with Crippen molar-refractivity contribution in [3.63, 3.8) is 0 Å². The van der Waals surface area contributed by atoms with Crippen LogP contribution in [0.5, 0.6) is 5.75 Å². The topological polar surface area (TPSA) is 64.4 Å². The number of ether oxygens (including phenoxy) is 1. The molecule has 124 valence electrons. The molecule has 1 saturated carbocycles. The summed E-state index contributed by atoms with van der Waals surface area (Å²) in [6.07, 6.45) is -3.53. The molecule has 1 fully saturated rings. The Hall–Kier alpha value is -1.83. The molecule has 0 bridgehead atoms. The molecule has 1 aliphatic carbocycles. The predicted octanol–water partition coefficient (Wildman–Crippen LogP) is 3.77. The van der Waals surface area contributed by atoms with E-state index in [1.165, 1.54) is 6.07 Å². The largest absolute Gasteiger partial charge is 0.490 e. The summed E-state index contributed by atoms with van der Waals surface area (Å²) in [7, 11) is 1.80. The molecule has 1 N–H and O–H groups in total. The van der Waals surface area contributed by atoms with E-state index in [-0.39, 0.29) is 11.9 Å². The highest BCUT2D eigenvalue weighted by Crippen LogP contribution is 2.39. The number of benzene rings is 1. The normalized spacial score (nSPS) is 20.5. The van der Waals surface area contributed by atoms with Crippen molar-refractivity contribution in [1.82, 2.24) is 5.32 Å². The second kappa shape index (κ2) is 7.44. The van der Waals surface area contributed by atoms with Crippen LogP contribution in [-0.2, 0) is 6.18 Å². The second-order valence-corrected chi connectivity index (χ2v) is 4.63. The SMILES string of the molecule is CC.CNC1CC(Oc2ccc([N+](=O)[O-])c(C(F)(F)F)c2)C1. The van der Waals surface area contributed by atoms with Gasteiger partial charge in [0.1, 0.15) is 17.4 Å². The minimum Gasteiger partial charge on any atom is -0.490 e. The van der Waals surface area contributed by atoms with Crippen LogP contribution < -0.4 is 10.1 Å². The molecule has 0 saturated heterocycles. The first-order valence-electron chi connectivity index (χ1n) is 7.01. The molecule has 8 heteroatoms. The van der Waals surface area contributed by atoms with Crippen LogP contribution >= 0.6 is 0 Å². The molecular formula is C14H19F3N2O3. The van der Waals surface area contributed by atoms with E-state index in [4.69, 9.17) is 4.74 Å². The molecule has 1 aromatic rings. The van der Waals surface area contributed by atoms with Gasteiger partial charge in [-0.1, -0.05) is 13.8 Å². The molecule has 0 atom stereocenters. The molecule has 1 aliphatic rings. The van der Waals surface area contributed by atoms with E-state index in [1.54, 1.807) is 7.05 Å². The van der Waals surface area contributed by atoms with Crippen LogP contribution in [-0.4, -0.2) is 24.1 Å². The monoisotopic (exact) mass is 320 g/mol. The summed E-state index contributed by atoms with van der Waals surface area (Å²) in [4.78, 5) is 9.56. The molecule has 0 aromatic heterocycles. The van der Waals surface area contributed by atoms with Crippen LogP contribution in [0.4, 0.5) is 18.9 Å². The molecule has 0 aliphatic heterocycles. The summed E-state index contributed by atoms with van der Waals surface area (Å²) in [5.74, 6) is 0.00229. The summed E-state index contributed by atoms with van der Waals surface area (Å²) in [6.45, 7) is 4.00. The number of nitrogens with one attached hydrogen (secondary N) is 1. The van der Waals surface area contributed by atoms with Gasteiger partial charge in [-0.05, 0) is 32.0 Å². The molecular weight excluding hydrogens is 301 g/mol. The lowest BCUT2D eigenvalue weighted by Crippen LogP contribution is -2.45. The first-order chi connectivity index (χ1) is 10.3. The number of halogens is 3. The highest BCUT2D eigenvalue weighted by Gasteiger charge is 2.39. The van der Waals surface area contributed by atoms with Crippen LogP contribution in [0.25, 0.3) is 0 Å². The second-order valence-electron chi connectivity index (χ2n) is 4.63. The maximum absolute atomic E-state index is 12.8. The zero-order valence-electron chi connectivity index (χ0n) is 12.6. The third-order valence-corrected chi connectivity index (χ3v) is 3.28. The van der Waals surface area contributed by atoms with Crippen LogP contribution in [0.1, 0.15) is 32.3 Å². The third-order valence-electron chi connectivity index (χ3n) is 3.28. The molecule has 2 rings (SSSR count). The average Bonchev–Trinajstić information content (AvgIpc) is 2.43. The number of hydrogen-bond donors (Lipinski definition) is 1. The van der Waals surface area contributed by atoms with Crippen molar-refractivity contribution in [3.8, 4) is 5.75 Å². The van der Waals surface area contributed by atoms with Crippen LogP contribution in [0.15, 0.2) is 18.2 Å². The van der Waals surface area contributed by atoms with E-state index in [0.29, 0.717) is 24.9 Å². The van der Waals surface area contributed by atoms with Crippen molar-refractivity contribution in [1.29, 1.82) is 0 Å². The van der Waals surface area contributed by atoms with Crippen molar-refractivity contribution < 1.29 is 22.8 Å². The summed E-state index contributed by atoms with van der Waals surface area (Å²) >= 11 is 0. The van der Waals surface area contributed by atoms with E-state index in [9.17, 15) is 23.3 Å². The van der Waals surface area contributed by atoms with Gasteiger partial charge in [-0.15, -0.1) is 0 Å². The van der Waals surface area contributed by atoms with Gasteiger partial charge in [0, 0.05) is 12.1 Å². The van der Waals surface area contributed by atoms with Crippen molar-refractivity contribution in [3.05, 3.63) is 33.9 Å². The lowest BCUT2D eigenvalue weighted by Gasteiger charge is -2.35. The van der Waals surface area contributed by atoms with E-state index >= 15 is 0 Å². The molecule has 22 heavy (non-hydrogen) atoms. The Bertz CT molecular complexity index is 515. The summed E-state index contributed by atoms with van der Waals surface area (Å²) in [5, 5.41) is 13.6. The van der Waals surface area contributed by atoms with Crippen molar-refractivity contribution >= 4 is 5.69 Å². The van der Waals surface area contributed by atoms with Gasteiger partial charge >= 0.3 is 6.18 Å². The average molecular weight is 320 g/mol. The quantitative estimate of drug-likeness (QED) is 0.677. The van der Waals surface area contributed by atoms with Gasteiger partial charge in [-0.3, -0.25) is 10.1 Å². The van der Waals surface area contributed by atoms with Crippen LogP contribution in [0.2, 0.25) is 0 Å². The smallest absolute Gasteiger partial charge is 0.423 e. The Morgan fingerprint density at radius 2 is 1.91 bits per heavy atom. The van der Waals surface area contributed by atoms with E-state index in [2.05, 4.69) is 5.32 Å². The number of nitro groups is 1. The van der Waals surface area contributed by atoms with Gasteiger partial charge in [0.2, 0.25) is 0 Å². The van der Waals surface area contributed by atoms with E-state index in [0.717, 1.165) is 6.07 Å². The van der Waals surface area contributed by atoms with Crippen molar-refractivity contribution in [2.45, 2.75) is 45.0 Å². The fraction of sp³-hybridized carbons (Fsp3) is 0.571. The summed E-state index contributed by atoms with van der Waals surface area (Å²) < 4.78 is 43.7. The fourth-order valence-electron chi connectivity index (χ4n) is 2.06. The van der Waals surface area contributed by atoms with Gasteiger partial charge in [-0.25, -0.2) is 0 Å². The van der Waals surface area contributed by atoms with Gasteiger partial charge in [-0.2, -0.15) is 13.2 Å². The Balaban J connectivity index is 0.00000116.